The highest BCUT2D eigenvalue weighted by Gasteiger charge is 2.54. The van der Waals surface area contributed by atoms with Crippen molar-refractivity contribution in [3.8, 4) is 0 Å². The third-order valence-corrected chi connectivity index (χ3v) is 4.95. The Hall–Kier alpha value is -2.31. The highest BCUT2D eigenvalue weighted by Crippen LogP contribution is 2.44. The summed E-state index contributed by atoms with van der Waals surface area (Å²) in [6, 6.07) is 0. The monoisotopic (exact) mass is 379 g/mol. The molecule has 7 nitrogen and oxygen atoms in total. The van der Waals surface area contributed by atoms with E-state index in [4.69, 9.17) is 14.2 Å². The fourth-order valence-corrected chi connectivity index (χ4v) is 3.73. The Balaban J connectivity index is 2.34. The maximum absolute atomic E-state index is 12.6. The van der Waals surface area contributed by atoms with Crippen molar-refractivity contribution in [2.75, 3.05) is 14.2 Å². The lowest BCUT2D eigenvalue weighted by atomic mass is 9.71. The van der Waals surface area contributed by atoms with E-state index in [1.165, 1.54) is 7.11 Å². The number of amides is 1. The molecule has 0 aliphatic heterocycles. The molecule has 0 radical (unpaired) electrons. The van der Waals surface area contributed by atoms with E-state index >= 15 is 0 Å². The first-order valence-corrected chi connectivity index (χ1v) is 9.12. The van der Waals surface area contributed by atoms with Crippen molar-refractivity contribution in [2.45, 2.75) is 64.0 Å². The Morgan fingerprint density at radius 2 is 1.96 bits per heavy atom. The SMILES string of the molecule is COC(=O)[C@@]1(C[C@]2(NC(=O)OC(C)(C)C)C=CC(OC)=CC2)CCCC1=O. The van der Waals surface area contributed by atoms with E-state index in [2.05, 4.69) is 5.32 Å². The number of allylic oxidation sites excluding steroid dienone is 1. The van der Waals surface area contributed by atoms with E-state index < -0.39 is 28.6 Å². The number of hydrogen-bond donors (Lipinski definition) is 1. The zero-order valence-corrected chi connectivity index (χ0v) is 16.7. The van der Waals surface area contributed by atoms with Gasteiger partial charge in [0.1, 0.15) is 22.6 Å². The summed E-state index contributed by atoms with van der Waals surface area (Å²) in [4.78, 5) is 37.6. The van der Waals surface area contributed by atoms with Crippen LogP contribution in [0.2, 0.25) is 0 Å². The minimum absolute atomic E-state index is 0.120. The molecule has 0 aromatic carbocycles. The Labute approximate surface area is 160 Å². The van der Waals surface area contributed by atoms with Gasteiger partial charge in [0.25, 0.3) is 0 Å². The van der Waals surface area contributed by atoms with Gasteiger partial charge in [0.05, 0.1) is 19.8 Å². The van der Waals surface area contributed by atoms with Crippen molar-refractivity contribution in [1.82, 2.24) is 5.32 Å². The Kier molecular flexibility index (Phi) is 6.02. The molecule has 0 spiro atoms. The first-order chi connectivity index (χ1) is 12.6. The molecule has 0 unspecified atom stereocenters. The molecule has 1 amide bonds. The van der Waals surface area contributed by atoms with Crippen molar-refractivity contribution < 1.29 is 28.6 Å². The van der Waals surface area contributed by atoms with E-state index in [0.29, 0.717) is 31.4 Å². The summed E-state index contributed by atoms with van der Waals surface area (Å²) in [5.74, 6) is -0.0404. The molecule has 1 saturated carbocycles. The van der Waals surface area contributed by atoms with E-state index in [-0.39, 0.29) is 12.2 Å². The second-order valence-corrected chi connectivity index (χ2v) is 8.16. The number of rotatable bonds is 5. The summed E-state index contributed by atoms with van der Waals surface area (Å²) in [7, 11) is 2.84. The number of nitrogens with one attached hydrogen (secondary N) is 1. The van der Waals surface area contributed by atoms with Gasteiger partial charge in [-0.05, 0) is 58.6 Å². The van der Waals surface area contributed by atoms with Crippen molar-refractivity contribution in [1.29, 1.82) is 0 Å². The number of ether oxygens (including phenoxy) is 3. The maximum Gasteiger partial charge on any atom is 0.408 e. The van der Waals surface area contributed by atoms with E-state index in [9.17, 15) is 14.4 Å². The predicted molar refractivity (Wildman–Crippen MR) is 98.9 cm³/mol. The molecular formula is C20H29NO6. The maximum atomic E-state index is 12.6. The van der Waals surface area contributed by atoms with E-state index in [1.54, 1.807) is 40.0 Å². The number of carbonyl (C=O) groups is 3. The van der Waals surface area contributed by atoms with E-state index in [0.717, 1.165) is 0 Å². The Bertz CT molecular complexity index is 674. The second kappa shape index (κ2) is 7.74. The molecule has 1 N–H and O–H groups in total. The summed E-state index contributed by atoms with van der Waals surface area (Å²) < 4.78 is 15.6. The average Bonchev–Trinajstić information content (AvgIpc) is 2.94. The molecule has 2 aliphatic carbocycles. The minimum Gasteiger partial charge on any atom is -0.497 e. The molecule has 2 rings (SSSR count). The lowest BCUT2D eigenvalue weighted by molar-refractivity contribution is -0.158. The molecular weight excluding hydrogens is 350 g/mol. The smallest absolute Gasteiger partial charge is 0.408 e. The van der Waals surface area contributed by atoms with Crippen LogP contribution < -0.4 is 5.32 Å². The second-order valence-electron chi connectivity index (χ2n) is 8.16. The van der Waals surface area contributed by atoms with Gasteiger partial charge in [-0.25, -0.2) is 4.79 Å². The topological polar surface area (TPSA) is 90.9 Å². The van der Waals surface area contributed by atoms with Gasteiger partial charge in [-0.1, -0.05) is 6.08 Å². The molecule has 27 heavy (non-hydrogen) atoms. The van der Waals surface area contributed by atoms with Gasteiger partial charge in [-0.15, -0.1) is 0 Å². The van der Waals surface area contributed by atoms with Gasteiger partial charge in [0, 0.05) is 6.42 Å². The molecule has 0 bridgehead atoms. The molecule has 0 aromatic rings. The lowest BCUT2D eigenvalue weighted by Crippen LogP contribution is -2.54. The fraction of sp³-hybridized carbons (Fsp3) is 0.650. The average molecular weight is 379 g/mol. The van der Waals surface area contributed by atoms with Crippen LogP contribution in [0.4, 0.5) is 4.79 Å². The van der Waals surface area contributed by atoms with Crippen molar-refractivity contribution in [3.63, 3.8) is 0 Å². The summed E-state index contributed by atoms with van der Waals surface area (Å²) in [5.41, 5.74) is -2.87. The van der Waals surface area contributed by atoms with Crippen LogP contribution in [0.5, 0.6) is 0 Å². The summed E-state index contributed by atoms with van der Waals surface area (Å²) in [6.45, 7) is 5.32. The van der Waals surface area contributed by atoms with Crippen LogP contribution in [0.1, 0.15) is 52.9 Å². The minimum atomic E-state index is -1.26. The van der Waals surface area contributed by atoms with Crippen molar-refractivity contribution in [2.24, 2.45) is 5.41 Å². The molecule has 1 fully saturated rings. The quantitative estimate of drug-likeness (QED) is 0.583. The number of carbonyl (C=O) groups excluding carboxylic acids is 3. The normalized spacial score (nSPS) is 27.7. The first-order valence-electron chi connectivity index (χ1n) is 9.12. The van der Waals surface area contributed by atoms with Crippen LogP contribution in [-0.4, -0.2) is 43.2 Å². The van der Waals surface area contributed by atoms with Gasteiger partial charge in [0.2, 0.25) is 0 Å². The summed E-state index contributed by atoms with van der Waals surface area (Å²) >= 11 is 0. The van der Waals surface area contributed by atoms with Crippen LogP contribution >= 0.6 is 0 Å². The number of Topliss-reactive ketones (excluding diaryl/α,β-unsaturated/α-hetero) is 1. The summed E-state index contributed by atoms with van der Waals surface area (Å²) in [5, 5.41) is 2.88. The molecule has 2 atom stereocenters. The highest BCUT2D eigenvalue weighted by atomic mass is 16.6. The molecule has 7 heteroatoms. The largest absolute Gasteiger partial charge is 0.497 e. The van der Waals surface area contributed by atoms with Crippen LogP contribution in [0, 0.1) is 5.41 Å². The number of esters is 1. The van der Waals surface area contributed by atoms with Gasteiger partial charge in [-0.2, -0.15) is 0 Å². The Morgan fingerprint density at radius 3 is 2.41 bits per heavy atom. The Morgan fingerprint density at radius 1 is 1.26 bits per heavy atom. The van der Waals surface area contributed by atoms with E-state index in [1.807, 2.05) is 6.08 Å². The highest BCUT2D eigenvalue weighted by molar-refractivity contribution is 6.05. The fourth-order valence-electron chi connectivity index (χ4n) is 3.73. The predicted octanol–water partition coefficient (Wildman–Crippen LogP) is 3.04. The third-order valence-electron chi connectivity index (χ3n) is 4.95. The molecule has 0 heterocycles. The van der Waals surface area contributed by atoms with Crippen LogP contribution in [0.25, 0.3) is 0 Å². The van der Waals surface area contributed by atoms with Crippen molar-refractivity contribution in [3.05, 3.63) is 24.0 Å². The zero-order chi connectivity index (χ0) is 20.3. The molecule has 150 valence electrons. The third kappa shape index (κ3) is 4.70. The first kappa shape index (κ1) is 21.0. The number of ketones is 1. The van der Waals surface area contributed by atoms with Crippen molar-refractivity contribution >= 4 is 17.8 Å². The summed E-state index contributed by atoms with van der Waals surface area (Å²) in [6.07, 6.45) is 6.57. The van der Waals surface area contributed by atoms with Crippen LogP contribution in [0.3, 0.4) is 0 Å². The van der Waals surface area contributed by atoms with Gasteiger partial charge < -0.3 is 19.5 Å². The standard InChI is InChI=1S/C20H29NO6/c1-18(2,3)27-17(24)21-19(11-8-14(25-4)9-12-19)13-20(16(23)26-5)10-6-7-15(20)22/h8-9,11H,6-7,10,12-13H2,1-5H3,(H,21,24)/t19-,20+/m0/s1. The molecule has 0 saturated heterocycles. The van der Waals surface area contributed by atoms with Crippen LogP contribution in [-0.2, 0) is 23.8 Å². The van der Waals surface area contributed by atoms with Gasteiger partial charge in [-0.3, -0.25) is 9.59 Å². The van der Waals surface area contributed by atoms with Crippen LogP contribution in [0.15, 0.2) is 24.0 Å². The molecule has 2 aliphatic rings. The lowest BCUT2D eigenvalue weighted by Gasteiger charge is -2.39. The number of alkyl carbamates (subject to hydrolysis) is 1. The molecule has 0 aromatic heterocycles. The number of methoxy groups -OCH3 is 2. The zero-order valence-electron chi connectivity index (χ0n) is 16.7. The van der Waals surface area contributed by atoms with Gasteiger partial charge >= 0.3 is 12.1 Å². The van der Waals surface area contributed by atoms with Gasteiger partial charge in [0.15, 0.2) is 0 Å². The number of hydrogen-bond acceptors (Lipinski definition) is 6.